The third-order valence-corrected chi connectivity index (χ3v) is 4.50. The highest BCUT2D eigenvalue weighted by atomic mass is 16.2. The molecule has 1 amide bonds. The van der Waals surface area contributed by atoms with Crippen LogP contribution in [0.5, 0.6) is 0 Å². The topological polar surface area (TPSA) is 20.3 Å². The monoisotopic (exact) mass is 273 g/mol. The van der Waals surface area contributed by atoms with Crippen molar-refractivity contribution in [1.82, 2.24) is 4.90 Å². The average Bonchev–Trinajstić information content (AvgIpc) is 3.27. The quantitative estimate of drug-likeness (QED) is 0.667. The number of hydrogen-bond acceptors (Lipinski definition) is 1. The van der Waals surface area contributed by atoms with E-state index >= 15 is 0 Å². The van der Waals surface area contributed by atoms with Gasteiger partial charge in [0.15, 0.2) is 0 Å². The van der Waals surface area contributed by atoms with Crippen molar-refractivity contribution in [1.29, 1.82) is 0 Å². The number of rotatable bonds is 6. The molecule has 20 heavy (non-hydrogen) atoms. The van der Waals surface area contributed by atoms with E-state index in [2.05, 4.69) is 32.6 Å². The molecule has 0 radical (unpaired) electrons. The summed E-state index contributed by atoms with van der Waals surface area (Å²) < 4.78 is 0. The summed E-state index contributed by atoms with van der Waals surface area (Å²) in [6, 6.07) is 0. The molecule has 1 saturated carbocycles. The molecule has 1 fully saturated rings. The second-order valence-electron chi connectivity index (χ2n) is 6.28. The first-order chi connectivity index (χ1) is 9.61. The second kappa shape index (κ2) is 6.92. The van der Waals surface area contributed by atoms with Gasteiger partial charge in [0.1, 0.15) is 0 Å². The smallest absolute Gasteiger partial charge is 0.226 e. The van der Waals surface area contributed by atoms with Gasteiger partial charge in [-0.3, -0.25) is 4.79 Å². The fourth-order valence-corrected chi connectivity index (χ4v) is 2.80. The van der Waals surface area contributed by atoms with Gasteiger partial charge in [-0.15, -0.1) is 6.58 Å². The Morgan fingerprint density at radius 1 is 1.35 bits per heavy atom. The van der Waals surface area contributed by atoms with E-state index in [1.807, 2.05) is 11.0 Å². The van der Waals surface area contributed by atoms with E-state index in [9.17, 15) is 4.79 Å². The maximum absolute atomic E-state index is 12.2. The van der Waals surface area contributed by atoms with Gasteiger partial charge in [0.05, 0.1) is 0 Å². The van der Waals surface area contributed by atoms with E-state index in [-0.39, 0.29) is 0 Å². The van der Waals surface area contributed by atoms with E-state index in [0.717, 1.165) is 25.8 Å². The largest absolute Gasteiger partial charge is 0.335 e. The van der Waals surface area contributed by atoms with Crippen LogP contribution in [0.4, 0.5) is 0 Å². The lowest BCUT2D eigenvalue weighted by Gasteiger charge is -2.23. The Morgan fingerprint density at radius 2 is 2.10 bits per heavy atom. The molecule has 0 aromatic carbocycles. The summed E-state index contributed by atoms with van der Waals surface area (Å²) in [5.74, 6) is 1.28. The average molecular weight is 273 g/mol. The number of amides is 1. The first-order valence-electron chi connectivity index (χ1n) is 7.83. The Kier molecular flexibility index (Phi) is 5.22. The fourth-order valence-electron chi connectivity index (χ4n) is 2.80. The van der Waals surface area contributed by atoms with Crippen LogP contribution < -0.4 is 0 Å². The van der Waals surface area contributed by atoms with Crippen molar-refractivity contribution >= 4 is 5.91 Å². The van der Waals surface area contributed by atoms with Crippen LogP contribution in [0, 0.1) is 11.8 Å². The zero-order valence-corrected chi connectivity index (χ0v) is 12.9. The molecule has 2 heteroatoms. The third-order valence-electron chi connectivity index (χ3n) is 4.50. The second-order valence-corrected chi connectivity index (χ2v) is 6.28. The van der Waals surface area contributed by atoms with Crippen LogP contribution in [0.1, 0.15) is 46.0 Å². The third kappa shape index (κ3) is 4.09. The van der Waals surface area contributed by atoms with Crippen LogP contribution in [-0.4, -0.2) is 23.9 Å². The molecule has 110 valence electrons. The van der Waals surface area contributed by atoms with Crippen LogP contribution >= 0.6 is 0 Å². The van der Waals surface area contributed by atoms with Gasteiger partial charge in [-0.25, -0.2) is 0 Å². The molecule has 0 aromatic rings. The molecule has 2 nitrogen and oxygen atoms in total. The summed E-state index contributed by atoms with van der Waals surface area (Å²) in [6.45, 7) is 9.61. The van der Waals surface area contributed by atoms with Gasteiger partial charge in [0, 0.05) is 19.0 Å². The molecule has 0 saturated heterocycles. The lowest BCUT2D eigenvalue weighted by atomic mass is 9.85. The summed E-state index contributed by atoms with van der Waals surface area (Å²) >= 11 is 0. The van der Waals surface area contributed by atoms with Gasteiger partial charge in [-0.1, -0.05) is 29.4 Å². The highest BCUT2D eigenvalue weighted by Crippen LogP contribution is 2.31. The minimum absolute atomic E-state index is 0.295. The summed E-state index contributed by atoms with van der Waals surface area (Å²) in [5.41, 5.74) is 2.96. The van der Waals surface area contributed by atoms with Crippen LogP contribution in [0.2, 0.25) is 0 Å². The summed E-state index contributed by atoms with van der Waals surface area (Å²) in [7, 11) is 0. The summed E-state index contributed by atoms with van der Waals surface area (Å²) in [5, 5.41) is 0. The van der Waals surface area contributed by atoms with Crippen LogP contribution in [0.15, 0.2) is 36.0 Å². The van der Waals surface area contributed by atoms with Gasteiger partial charge >= 0.3 is 0 Å². The molecule has 0 aliphatic heterocycles. The number of carbonyl (C=O) groups is 1. The van der Waals surface area contributed by atoms with Gasteiger partial charge in [0.25, 0.3) is 0 Å². The molecular weight excluding hydrogens is 246 g/mol. The fraction of sp³-hybridized carbons (Fsp3) is 0.611. The standard InChI is InChI=1S/C18H27NO/c1-4-12-19(18(20)17-9-10-17)13-11-15(3)16-7-5-14(2)6-8-16/h4-5,11,16-17H,1,6-10,12-13H2,2-3H3/b15-11-. The maximum atomic E-state index is 12.2. The molecule has 2 aliphatic rings. The zero-order valence-electron chi connectivity index (χ0n) is 12.9. The van der Waals surface area contributed by atoms with Crippen LogP contribution in [0.25, 0.3) is 0 Å². The van der Waals surface area contributed by atoms with Gasteiger partial charge in [-0.05, 0) is 51.9 Å². The number of hydrogen-bond donors (Lipinski definition) is 0. The van der Waals surface area contributed by atoms with E-state index in [0.29, 0.717) is 24.3 Å². The lowest BCUT2D eigenvalue weighted by Crippen LogP contribution is -2.32. The molecule has 0 spiro atoms. The van der Waals surface area contributed by atoms with Crippen molar-refractivity contribution in [2.24, 2.45) is 11.8 Å². The first-order valence-corrected chi connectivity index (χ1v) is 7.83. The van der Waals surface area contributed by atoms with Crippen molar-refractivity contribution in [3.05, 3.63) is 36.0 Å². The lowest BCUT2D eigenvalue weighted by molar-refractivity contribution is -0.131. The molecular formula is C18H27NO. The SMILES string of the molecule is C=CCN(C/C=C(/C)C1CC=C(C)CC1)C(=O)C1CC1. The highest BCUT2D eigenvalue weighted by molar-refractivity contribution is 5.81. The van der Waals surface area contributed by atoms with Gasteiger partial charge in [-0.2, -0.15) is 0 Å². The summed E-state index contributed by atoms with van der Waals surface area (Å²) in [4.78, 5) is 14.1. The molecule has 1 atom stereocenters. The Morgan fingerprint density at radius 3 is 2.65 bits per heavy atom. The predicted octanol–water partition coefficient (Wildman–Crippen LogP) is 4.10. The van der Waals surface area contributed by atoms with E-state index in [4.69, 9.17) is 0 Å². The number of carbonyl (C=O) groups excluding carboxylic acids is 1. The Labute approximate surface area is 123 Å². The number of nitrogens with zero attached hydrogens (tertiary/aromatic N) is 1. The van der Waals surface area contributed by atoms with E-state index < -0.39 is 0 Å². The van der Waals surface area contributed by atoms with Crippen molar-refractivity contribution < 1.29 is 4.79 Å². The van der Waals surface area contributed by atoms with Crippen molar-refractivity contribution in [3.63, 3.8) is 0 Å². The Bertz CT molecular complexity index is 429. The van der Waals surface area contributed by atoms with E-state index in [1.54, 1.807) is 0 Å². The van der Waals surface area contributed by atoms with Gasteiger partial charge in [0.2, 0.25) is 5.91 Å². The predicted molar refractivity (Wildman–Crippen MR) is 84.4 cm³/mol. The van der Waals surface area contributed by atoms with Crippen molar-refractivity contribution in [2.75, 3.05) is 13.1 Å². The number of allylic oxidation sites excluding steroid dienone is 3. The minimum atomic E-state index is 0.295. The molecule has 0 N–H and O–H groups in total. The molecule has 1 unspecified atom stereocenters. The van der Waals surface area contributed by atoms with Crippen molar-refractivity contribution in [3.8, 4) is 0 Å². The van der Waals surface area contributed by atoms with E-state index in [1.165, 1.54) is 24.0 Å². The van der Waals surface area contributed by atoms with Crippen molar-refractivity contribution in [2.45, 2.75) is 46.0 Å². The maximum Gasteiger partial charge on any atom is 0.226 e. The normalized spacial score (nSPS) is 23.2. The summed E-state index contributed by atoms with van der Waals surface area (Å²) in [6.07, 6.45) is 12.2. The molecule has 0 heterocycles. The molecule has 2 aliphatic carbocycles. The Hall–Kier alpha value is -1.31. The van der Waals surface area contributed by atoms with Crippen LogP contribution in [-0.2, 0) is 4.79 Å². The van der Waals surface area contributed by atoms with Crippen LogP contribution in [0.3, 0.4) is 0 Å². The molecule has 2 rings (SSSR count). The first kappa shape index (κ1) is 15.1. The Balaban J connectivity index is 1.91. The molecule has 0 aromatic heterocycles. The highest BCUT2D eigenvalue weighted by Gasteiger charge is 2.32. The van der Waals surface area contributed by atoms with Gasteiger partial charge < -0.3 is 4.90 Å². The minimum Gasteiger partial charge on any atom is -0.335 e. The molecule has 0 bridgehead atoms. The zero-order chi connectivity index (χ0) is 14.5.